The Labute approximate surface area is 195 Å². The molecule has 172 valence electrons. The molecule has 2 aromatic carbocycles. The zero-order valence-corrected chi connectivity index (χ0v) is 18.4. The Morgan fingerprint density at radius 2 is 2.00 bits per heavy atom. The molecule has 8 nitrogen and oxygen atoms in total. The largest absolute Gasteiger partial charge is 0.389 e. The van der Waals surface area contributed by atoms with Crippen molar-refractivity contribution in [3.05, 3.63) is 83.5 Å². The minimum Gasteiger partial charge on any atom is -0.389 e. The highest BCUT2D eigenvalue weighted by Crippen LogP contribution is 2.34. The van der Waals surface area contributed by atoms with Crippen LogP contribution in [-0.4, -0.2) is 36.9 Å². The molecule has 4 aromatic rings. The third kappa shape index (κ3) is 4.01. The maximum atomic E-state index is 13.5. The van der Waals surface area contributed by atoms with Crippen LogP contribution in [0.25, 0.3) is 22.3 Å². The predicted octanol–water partition coefficient (Wildman–Crippen LogP) is 3.31. The molecule has 0 radical (unpaired) electrons. The molecule has 2 heterocycles. The summed E-state index contributed by atoms with van der Waals surface area (Å²) >= 11 is 0. The third-order valence-corrected chi connectivity index (χ3v) is 6.00. The molecule has 1 aliphatic carbocycles. The number of nitrogens with zero attached hydrogens (tertiary/aromatic N) is 4. The molecule has 1 aliphatic rings. The molecule has 2 aromatic heterocycles. The summed E-state index contributed by atoms with van der Waals surface area (Å²) in [5.74, 6) is -0.448. The molecule has 0 bridgehead atoms. The van der Waals surface area contributed by atoms with Gasteiger partial charge in [0.05, 0.1) is 17.5 Å². The summed E-state index contributed by atoms with van der Waals surface area (Å²) in [5.41, 5.74) is 10.2. The molecule has 5 rings (SSSR count). The zero-order chi connectivity index (χ0) is 23.8. The van der Waals surface area contributed by atoms with Crippen molar-refractivity contribution in [1.82, 2.24) is 25.1 Å². The number of anilines is 1. The molecule has 9 heteroatoms. The van der Waals surface area contributed by atoms with Crippen molar-refractivity contribution in [2.75, 3.05) is 5.73 Å². The summed E-state index contributed by atoms with van der Waals surface area (Å²) < 4.78 is 15.3. The number of aliphatic hydroxyl groups is 1. The van der Waals surface area contributed by atoms with Crippen molar-refractivity contribution >= 4 is 22.8 Å². The summed E-state index contributed by atoms with van der Waals surface area (Å²) in [6.07, 6.45) is 5.06. The van der Waals surface area contributed by atoms with Gasteiger partial charge in [-0.2, -0.15) is 5.10 Å². The molecule has 0 saturated carbocycles. The Bertz CT molecular complexity index is 1410. The first-order valence-electron chi connectivity index (χ1n) is 10.9. The van der Waals surface area contributed by atoms with Crippen LogP contribution in [0.1, 0.15) is 33.9 Å². The van der Waals surface area contributed by atoms with Gasteiger partial charge in [0.1, 0.15) is 23.7 Å². The first-order valence-corrected chi connectivity index (χ1v) is 10.9. The van der Waals surface area contributed by atoms with Gasteiger partial charge in [-0.05, 0) is 30.2 Å². The lowest BCUT2D eigenvalue weighted by atomic mass is 10.1. The molecule has 2 unspecified atom stereocenters. The number of aryl methyl sites for hydroxylation is 1. The van der Waals surface area contributed by atoms with Gasteiger partial charge in [0.25, 0.3) is 5.91 Å². The zero-order valence-electron chi connectivity index (χ0n) is 18.4. The molecule has 34 heavy (non-hydrogen) atoms. The van der Waals surface area contributed by atoms with Crippen LogP contribution in [0.3, 0.4) is 0 Å². The van der Waals surface area contributed by atoms with Crippen molar-refractivity contribution in [3.8, 4) is 11.3 Å². The van der Waals surface area contributed by atoms with Crippen LogP contribution in [0.2, 0.25) is 0 Å². The monoisotopic (exact) mass is 458 g/mol. The molecule has 0 spiro atoms. The van der Waals surface area contributed by atoms with Gasteiger partial charge in [-0.3, -0.25) is 4.79 Å². The van der Waals surface area contributed by atoms with E-state index in [2.05, 4.69) is 15.3 Å². The highest BCUT2D eigenvalue weighted by Gasteiger charge is 2.25. The number of nitrogen functional groups attached to an aromatic ring is 1. The van der Waals surface area contributed by atoms with Crippen molar-refractivity contribution in [3.63, 3.8) is 0 Å². The lowest BCUT2D eigenvalue weighted by Crippen LogP contribution is -2.23. The lowest BCUT2D eigenvalue weighted by molar-refractivity contribution is 0.0950. The fraction of sp³-hybridized carbons (Fsp3) is 0.200. The van der Waals surface area contributed by atoms with Crippen LogP contribution in [-0.2, 0) is 6.54 Å². The number of carbonyl (C=O) groups excluding carboxylic acids is 1. The number of nitrogens with two attached hydrogens (primary N) is 1. The molecule has 2 atom stereocenters. The number of halogens is 1. The smallest absolute Gasteiger partial charge is 0.251 e. The lowest BCUT2D eigenvalue weighted by Gasteiger charge is -2.10. The van der Waals surface area contributed by atoms with E-state index in [0.717, 1.165) is 11.1 Å². The second-order valence-corrected chi connectivity index (χ2v) is 8.34. The maximum Gasteiger partial charge on any atom is 0.251 e. The molecule has 0 aliphatic heterocycles. The van der Waals surface area contributed by atoms with Gasteiger partial charge >= 0.3 is 0 Å². The van der Waals surface area contributed by atoms with Gasteiger partial charge in [-0.15, -0.1) is 0 Å². The number of allylic oxidation sites excluding steroid dienone is 1. The number of aromatic nitrogens is 4. The van der Waals surface area contributed by atoms with Gasteiger partial charge in [0.2, 0.25) is 0 Å². The highest BCUT2D eigenvalue weighted by atomic mass is 19.1. The number of nitrogens with one attached hydrogen (secondary N) is 1. The number of fused-ring (bicyclic) bond motifs is 1. The first kappa shape index (κ1) is 21.7. The molecular weight excluding hydrogens is 435 g/mol. The van der Waals surface area contributed by atoms with Crippen LogP contribution in [0.4, 0.5) is 10.2 Å². The van der Waals surface area contributed by atoms with Gasteiger partial charge in [-0.25, -0.2) is 19.0 Å². The average Bonchev–Trinajstić information content (AvgIpc) is 3.44. The van der Waals surface area contributed by atoms with Gasteiger partial charge in [0, 0.05) is 24.1 Å². The summed E-state index contributed by atoms with van der Waals surface area (Å²) in [5, 5.41) is 18.1. The first-order chi connectivity index (χ1) is 16.4. The summed E-state index contributed by atoms with van der Waals surface area (Å²) in [6.45, 7) is 2.06. The van der Waals surface area contributed by atoms with E-state index in [1.807, 2.05) is 30.3 Å². The van der Waals surface area contributed by atoms with E-state index < -0.39 is 11.9 Å². The Hall–Kier alpha value is -4.11. The van der Waals surface area contributed by atoms with Crippen LogP contribution < -0.4 is 11.1 Å². The van der Waals surface area contributed by atoms with Crippen LogP contribution in [0.15, 0.2) is 60.9 Å². The number of benzene rings is 2. The summed E-state index contributed by atoms with van der Waals surface area (Å²) in [4.78, 5) is 21.0. The standard InChI is InChI=1S/C25H23FN6O2/c1-14-2-7-17(26)10-20(14)25(34)28-12-15-3-5-16(6-4-15)22-21-23(27)29-13-30-24(21)32(31-22)18-8-9-19(33)11-18/h2-10,13,18-19,33H,11-12H2,1H3,(H,28,34)(H2,27,29,30). The minimum absolute atomic E-state index is 0.124. The normalized spacial score (nSPS) is 17.4. The number of hydrogen-bond donors (Lipinski definition) is 3. The second-order valence-electron chi connectivity index (χ2n) is 8.34. The van der Waals surface area contributed by atoms with Gasteiger partial charge in [-0.1, -0.05) is 42.5 Å². The number of amides is 1. The van der Waals surface area contributed by atoms with E-state index in [1.54, 1.807) is 23.7 Å². The topological polar surface area (TPSA) is 119 Å². The fourth-order valence-electron chi connectivity index (χ4n) is 4.17. The fourth-order valence-corrected chi connectivity index (χ4v) is 4.17. The molecule has 0 saturated heterocycles. The van der Waals surface area contributed by atoms with Crippen molar-refractivity contribution in [2.45, 2.75) is 32.0 Å². The van der Waals surface area contributed by atoms with Crippen LogP contribution >= 0.6 is 0 Å². The molecule has 1 amide bonds. The SMILES string of the molecule is Cc1ccc(F)cc1C(=O)NCc1ccc(-c2nn(C3C=CC(O)C3)c3ncnc(N)c23)cc1. The van der Waals surface area contributed by atoms with Gasteiger partial charge in [0.15, 0.2) is 5.65 Å². The van der Waals surface area contributed by atoms with Crippen molar-refractivity contribution in [1.29, 1.82) is 0 Å². The third-order valence-electron chi connectivity index (χ3n) is 6.00. The molecule has 4 N–H and O–H groups in total. The van der Waals surface area contributed by atoms with Crippen LogP contribution in [0, 0.1) is 12.7 Å². The van der Waals surface area contributed by atoms with E-state index in [-0.39, 0.29) is 11.9 Å². The number of aliphatic hydroxyl groups excluding tert-OH is 1. The number of rotatable bonds is 5. The van der Waals surface area contributed by atoms with Crippen molar-refractivity contribution in [2.24, 2.45) is 0 Å². The molecular formula is C25H23FN6O2. The number of carbonyl (C=O) groups is 1. The Kier molecular flexibility index (Phi) is 5.54. The Morgan fingerprint density at radius 1 is 1.21 bits per heavy atom. The van der Waals surface area contributed by atoms with E-state index in [1.165, 1.54) is 18.5 Å². The average molecular weight is 458 g/mol. The van der Waals surface area contributed by atoms with Crippen molar-refractivity contribution < 1.29 is 14.3 Å². The highest BCUT2D eigenvalue weighted by molar-refractivity contribution is 5.98. The van der Waals surface area contributed by atoms with E-state index >= 15 is 0 Å². The van der Waals surface area contributed by atoms with E-state index in [4.69, 9.17) is 10.8 Å². The van der Waals surface area contributed by atoms with E-state index in [0.29, 0.717) is 46.6 Å². The predicted molar refractivity (Wildman–Crippen MR) is 126 cm³/mol. The quantitative estimate of drug-likeness (QED) is 0.395. The van der Waals surface area contributed by atoms with Crippen LogP contribution in [0.5, 0.6) is 0 Å². The molecule has 0 fully saturated rings. The van der Waals surface area contributed by atoms with Gasteiger partial charge < -0.3 is 16.2 Å². The second kappa shape index (κ2) is 8.68. The summed E-state index contributed by atoms with van der Waals surface area (Å²) in [6, 6.07) is 11.6. The number of hydrogen-bond acceptors (Lipinski definition) is 6. The minimum atomic E-state index is -0.516. The Morgan fingerprint density at radius 3 is 2.74 bits per heavy atom. The Balaban J connectivity index is 1.39. The maximum absolute atomic E-state index is 13.5. The summed E-state index contributed by atoms with van der Waals surface area (Å²) in [7, 11) is 0. The van der Waals surface area contributed by atoms with E-state index in [9.17, 15) is 14.3 Å².